The SMILES string of the molecule is CC(C)CC(NS(C)(=O)=O)C(=O)N(C)CCCO. The summed E-state index contributed by atoms with van der Waals surface area (Å²) < 4.78 is 24.8. The molecule has 0 radical (unpaired) electrons. The third kappa shape index (κ3) is 7.62. The molecule has 0 spiro atoms. The number of hydrogen-bond acceptors (Lipinski definition) is 4. The van der Waals surface area contributed by atoms with Gasteiger partial charge in [0.05, 0.1) is 6.26 Å². The maximum absolute atomic E-state index is 12.1. The number of hydrogen-bond donors (Lipinski definition) is 2. The molecule has 0 aliphatic heterocycles. The molecule has 0 aromatic rings. The number of amides is 1. The molecule has 7 heteroatoms. The highest BCUT2D eigenvalue weighted by Crippen LogP contribution is 2.08. The van der Waals surface area contributed by atoms with E-state index in [1.165, 1.54) is 4.90 Å². The molecule has 0 saturated heterocycles. The summed E-state index contributed by atoms with van der Waals surface area (Å²) in [4.78, 5) is 13.5. The minimum Gasteiger partial charge on any atom is -0.396 e. The highest BCUT2D eigenvalue weighted by Gasteiger charge is 2.25. The van der Waals surface area contributed by atoms with Crippen LogP contribution in [0.5, 0.6) is 0 Å². The number of aliphatic hydroxyl groups is 1. The lowest BCUT2D eigenvalue weighted by Gasteiger charge is -2.25. The zero-order valence-corrected chi connectivity index (χ0v) is 12.3. The van der Waals surface area contributed by atoms with Crippen molar-refractivity contribution in [1.82, 2.24) is 9.62 Å². The van der Waals surface area contributed by atoms with Gasteiger partial charge in [-0.1, -0.05) is 13.8 Å². The molecular weight excluding hydrogens is 256 g/mol. The van der Waals surface area contributed by atoms with Crippen LogP contribution in [0.1, 0.15) is 26.7 Å². The summed E-state index contributed by atoms with van der Waals surface area (Å²) >= 11 is 0. The van der Waals surface area contributed by atoms with Gasteiger partial charge >= 0.3 is 0 Å². The Morgan fingerprint density at radius 3 is 2.33 bits per heavy atom. The highest BCUT2D eigenvalue weighted by molar-refractivity contribution is 7.88. The molecule has 2 N–H and O–H groups in total. The molecule has 1 atom stereocenters. The van der Waals surface area contributed by atoms with Crippen LogP contribution >= 0.6 is 0 Å². The van der Waals surface area contributed by atoms with Crippen molar-refractivity contribution < 1.29 is 18.3 Å². The number of carbonyl (C=O) groups is 1. The maximum Gasteiger partial charge on any atom is 0.240 e. The maximum atomic E-state index is 12.1. The van der Waals surface area contributed by atoms with Crippen LogP contribution in [0.15, 0.2) is 0 Å². The summed E-state index contributed by atoms with van der Waals surface area (Å²) in [6, 6.07) is -0.733. The number of carbonyl (C=O) groups excluding carboxylic acids is 1. The van der Waals surface area contributed by atoms with Gasteiger partial charge in [-0.05, 0) is 18.8 Å². The van der Waals surface area contributed by atoms with Crippen LogP contribution in [0.2, 0.25) is 0 Å². The minimum atomic E-state index is -3.41. The molecule has 6 nitrogen and oxygen atoms in total. The fourth-order valence-corrected chi connectivity index (χ4v) is 2.33. The lowest BCUT2D eigenvalue weighted by atomic mass is 10.0. The average Bonchev–Trinajstić information content (AvgIpc) is 2.21. The van der Waals surface area contributed by atoms with E-state index in [4.69, 9.17) is 5.11 Å². The lowest BCUT2D eigenvalue weighted by Crippen LogP contribution is -2.47. The Kier molecular flexibility index (Phi) is 7.42. The number of nitrogens with zero attached hydrogens (tertiary/aromatic N) is 1. The van der Waals surface area contributed by atoms with Crippen molar-refractivity contribution in [1.29, 1.82) is 0 Å². The van der Waals surface area contributed by atoms with E-state index in [2.05, 4.69) is 4.72 Å². The van der Waals surface area contributed by atoms with Gasteiger partial charge in [0.15, 0.2) is 0 Å². The Bertz CT molecular complexity index is 354. The molecule has 108 valence electrons. The molecule has 0 fully saturated rings. The molecule has 0 aromatic carbocycles. The highest BCUT2D eigenvalue weighted by atomic mass is 32.2. The van der Waals surface area contributed by atoms with Crippen LogP contribution in [-0.4, -0.2) is 56.8 Å². The summed E-state index contributed by atoms with van der Waals surface area (Å²) in [6.07, 6.45) is 1.98. The summed E-state index contributed by atoms with van der Waals surface area (Å²) in [5, 5.41) is 8.72. The van der Waals surface area contributed by atoms with Crippen LogP contribution in [0.25, 0.3) is 0 Å². The molecular formula is C11H24N2O4S. The van der Waals surface area contributed by atoms with Gasteiger partial charge in [-0.25, -0.2) is 13.1 Å². The lowest BCUT2D eigenvalue weighted by molar-refractivity contribution is -0.132. The molecule has 0 aromatic heterocycles. The fraction of sp³-hybridized carbons (Fsp3) is 0.909. The molecule has 0 aliphatic rings. The van der Waals surface area contributed by atoms with Gasteiger partial charge in [0.25, 0.3) is 0 Å². The van der Waals surface area contributed by atoms with Gasteiger partial charge in [-0.2, -0.15) is 0 Å². The second-order valence-electron chi connectivity index (χ2n) is 4.91. The molecule has 1 amide bonds. The first-order valence-electron chi connectivity index (χ1n) is 6.00. The van der Waals surface area contributed by atoms with Crippen molar-refractivity contribution in [2.75, 3.05) is 26.5 Å². The molecule has 0 aliphatic carbocycles. The van der Waals surface area contributed by atoms with Crippen LogP contribution in [0.4, 0.5) is 0 Å². The van der Waals surface area contributed by atoms with Gasteiger partial charge in [0, 0.05) is 20.2 Å². The predicted molar refractivity (Wildman–Crippen MR) is 70.6 cm³/mol. The topological polar surface area (TPSA) is 86.7 Å². The first-order chi connectivity index (χ1) is 8.17. The predicted octanol–water partition coefficient (Wildman–Crippen LogP) is -0.209. The Balaban J connectivity index is 4.68. The van der Waals surface area contributed by atoms with Crippen LogP contribution in [0.3, 0.4) is 0 Å². The van der Waals surface area contributed by atoms with E-state index in [1.807, 2.05) is 13.8 Å². The molecule has 1 unspecified atom stereocenters. The Hall–Kier alpha value is -0.660. The van der Waals surface area contributed by atoms with E-state index in [9.17, 15) is 13.2 Å². The molecule has 0 heterocycles. The molecule has 18 heavy (non-hydrogen) atoms. The summed E-state index contributed by atoms with van der Waals surface area (Å²) in [5.41, 5.74) is 0. The zero-order valence-electron chi connectivity index (χ0n) is 11.5. The quantitative estimate of drug-likeness (QED) is 0.644. The summed E-state index contributed by atoms with van der Waals surface area (Å²) in [7, 11) is -1.81. The largest absolute Gasteiger partial charge is 0.396 e. The van der Waals surface area contributed by atoms with Crippen molar-refractivity contribution in [2.45, 2.75) is 32.7 Å². The number of rotatable bonds is 8. The van der Waals surface area contributed by atoms with E-state index in [0.29, 0.717) is 19.4 Å². The Morgan fingerprint density at radius 2 is 1.94 bits per heavy atom. The van der Waals surface area contributed by atoms with Gasteiger partial charge in [-0.3, -0.25) is 4.79 Å². The third-order valence-corrected chi connectivity index (χ3v) is 3.10. The van der Waals surface area contributed by atoms with E-state index in [1.54, 1.807) is 7.05 Å². The van der Waals surface area contributed by atoms with Crippen LogP contribution in [-0.2, 0) is 14.8 Å². The second-order valence-corrected chi connectivity index (χ2v) is 6.69. The first kappa shape index (κ1) is 17.3. The smallest absolute Gasteiger partial charge is 0.240 e. The van der Waals surface area contributed by atoms with Crippen molar-refractivity contribution in [3.63, 3.8) is 0 Å². The van der Waals surface area contributed by atoms with E-state index >= 15 is 0 Å². The normalized spacial score (nSPS) is 13.7. The van der Waals surface area contributed by atoms with Gasteiger partial charge in [0.1, 0.15) is 6.04 Å². The monoisotopic (exact) mass is 280 g/mol. The van der Waals surface area contributed by atoms with Crippen molar-refractivity contribution >= 4 is 15.9 Å². The number of aliphatic hydroxyl groups excluding tert-OH is 1. The molecule has 0 saturated carbocycles. The van der Waals surface area contributed by atoms with Crippen molar-refractivity contribution in [3.8, 4) is 0 Å². The van der Waals surface area contributed by atoms with E-state index in [0.717, 1.165) is 6.26 Å². The Morgan fingerprint density at radius 1 is 1.39 bits per heavy atom. The number of nitrogens with one attached hydrogen (secondary N) is 1. The van der Waals surface area contributed by atoms with Crippen molar-refractivity contribution in [3.05, 3.63) is 0 Å². The van der Waals surface area contributed by atoms with Crippen LogP contribution < -0.4 is 4.72 Å². The minimum absolute atomic E-state index is 0.00592. The summed E-state index contributed by atoms with van der Waals surface area (Å²) in [6.45, 7) is 4.28. The molecule has 0 rings (SSSR count). The molecule has 0 bridgehead atoms. The van der Waals surface area contributed by atoms with E-state index < -0.39 is 16.1 Å². The average molecular weight is 280 g/mol. The first-order valence-corrected chi connectivity index (χ1v) is 7.89. The number of sulfonamides is 1. The number of likely N-dealkylation sites (N-methyl/N-ethyl adjacent to an activating group) is 1. The van der Waals surface area contributed by atoms with Crippen molar-refractivity contribution in [2.24, 2.45) is 5.92 Å². The van der Waals surface area contributed by atoms with Gasteiger partial charge in [0.2, 0.25) is 15.9 Å². The third-order valence-electron chi connectivity index (χ3n) is 2.39. The van der Waals surface area contributed by atoms with E-state index in [-0.39, 0.29) is 18.4 Å². The zero-order chi connectivity index (χ0) is 14.3. The summed E-state index contributed by atoms with van der Waals surface area (Å²) in [5.74, 6) is -0.0537. The van der Waals surface area contributed by atoms with Gasteiger partial charge in [-0.15, -0.1) is 0 Å². The van der Waals surface area contributed by atoms with Crippen LogP contribution in [0, 0.1) is 5.92 Å². The fourth-order valence-electron chi connectivity index (χ4n) is 1.61. The standard InChI is InChI=1S/C11H24N2O4S/c1-9(2)8-10(12-18(4,16)17)11(15)13(3)6-5-7-14/h9-10,12,14H,5-8H2,1-4H3. The van der Waals surface area contributed by atoms with Gasteiger partial charge < -0.3 is 10.0 Å². The second kappa shape index (κ2) is 7.70. The Labute approximate surface area is 109 Å².